The largest absolute Gasteiger partial charge is 0.491 e. The molecule has 1 N–H and O–H groups in total. The lowest BCUT2D eigenvalue weighted by atomic mass is 10.1. The molecule has 0 aliphatic carbocycles. The van der Waals surface area contributed by atoms with Crippen molar-refractivity contribution < 1.29 is 23.9 Å². The maximum atomic E-state index is 12.3. The predicted molar refractivity (Wildman–Crippen MR) is 104 cm³/mol. The Morgan fingerprint density at radius 3 is 2.64 bits per heavy atom. The Morgan fingerprint density at radius 1 is 1.14 bits per heavy atom. The van der Waals surface area contributed by atoms with Crippen LogP contribution in [0, 0.1) is 0 Å². The normalized spacial score (nSPS) is 13.2. The smallest absolute Gasteiger partial charge is 0.326 e. The van der Waals surface area contributed by atoms with Crippen LogP contribution in [0.2, 0.25) is 0 Å². The van der Waals surface area contributed by atoms with Gasteiger partial charge in [-0.3, -0.25) is 19.3 Å². The third-order valence-corrected chi connectivity index (χ3v) is 4.33. The van der Waals surface area contributed by atoms with E-state index in [4.69, 9.17) is 9.47 Å². The van der Waals surface area contributed by atoms with E-state index < -0.39 is 18.5 Å². The molecule has 0 fully saturated rings. The SMILES string of the molecule is CCc1ccc(NC(=O)COC(=O)CN2C(=O)CCOc3ccccc32)cc1. The van der Waals surface area contributed by atoms with Crippen molar-refractivity contribution in [1.82, 2.24) is 0 Å². The average molecular weight is 382 g/mol. The van der Waals surface area contributed by atoms with Crippen LogP contribution in [-0.2, 0) is 25.5 Å². The van der Waals surface area contributed by atoms with Gasteiger partial charge in [0.15, 0.2) is 6.61 Å². The Kier molecular flexibility index (Phi) is 6.26. The van der Waals surface area contributed by atoms with Gasteiger partial charge in [0.1, 0.15) is 12.3 Å². The fourth-order valence-corrected chi connectivity index (χ4v) is 2.83. The van der Waals surface area contributed by atoms with E-state index in [9.17, 15) is 14.4 Å². The van der Waals surface area contributed by atoms with Gasteiger partial charge in [-0.2, -0.15) is 0 Å². The molecule has 0 aromatic heterocycles. The zero-order valence-corrected chi connectivity index (χ0v) is 15.6. The van der Waals surface area contributed by atoms with E-state index in [0.717, 1.165) is 12.0 Å². The van der Waals surface area contributed by atoms with E-state index in [1.807, 2.05) is 19.1 Å². The van der Waals surface area contributed by atoms with Gasteiger partial charge in [0.2, 0.25) is 5.91 Å². The first-order valence-corrected chi connectivity index (χ1v) is 9.13. The van der Waals surface area contributed by atoms with Crippen LogP contribution in [0.15, 0.2) is 48.5 Å². The molecule has 2 aromatic rings. The zero-order chi connectivity index (χ0) is 19.9. The summed E-state index contributed by atoms with van der Waals surface area (Å²) < 4.78 is 10.6. The van der Waals surface area contributed by atoms with Crippen LogP contribution in [0.4, 0.5) is 11.4 Å². The van der Waals surface area contributed by atoms with Crippen LogP contribution in [0.3, 0.4) is 0 Å². The fraction of sp³-hybridized carbons (Fsp3) is 0.286. The van der Waals surface area contributed by atoms with E-state index in [1.165, 1.54) is 4.90 Å². The Morgan fingerprint density at radius 2 is 1.89 bits per heavy atom. The van der Waals surface area contributed by atoms with Crippen molar-refractivity contribution in [3.05, 3.63) is 54.1 Å². The highest BCUT2D eigenvalue weighted by molar-refractivity contribution is 6.00. The van der Waals surface area contributed by atoms with Crippen molar-refractivity contribution >= 4 is 29.2 Å². The minimum atomic E-state index is -0.665. The molecule has 0 atom stereocenters. The zero-order valence-electron chi connectivity index (χ0n) is 15.6. The van der Waals surface area contributed by atoms with Crippen molar-refractivity contribution in [2.75, 3.05) is 30.0 Å². The molecular formula is C21H22N2O5. The molecule has 1 aliphatic heterocycles. The molecule has 3 rings (SSSR count). The second-order valence-electron chi connectivity index (χ2n) is 6.31. The van der Waals surface area contributed by atoms with Gasteiger partial charge in [0, 0.05) is 5.69 Å². The molecule has 0 spiro atoms. The van der Waals surface area contributed by atoms with E-state index in [0.29, 0.717) is 17.1 Å². The van der Waals surface area contributed by atoms with Crippen LogP contribution in [-0.4, -0.2) is 37.5 Å². The Bertz CT molecular complexity index is 863. The van der Waals surface area contributed by atoms with Gasteiger partial charge in [-0.25, -0.2) is 0 Å². The van der Waals surface area contributed by atoms with Crippen molar-refractivity contribution in [1.29, 1.82) is 0 Å². The lowest BCUT2D eigenvalue weighted by Crippen LogP contribution is -2.36. The second kappa shape index (κ2) is 9.03. The summed E-state index contributed by atoms with van der Waals surface area (Å²) in [6.45, 7) is 1.60. The van der Waals surface area contributed by atoms with Crippen LogP contribution in [0.25, 0.3) is 0 Å². The van der Waals surface area contributed by atoms with E-state index in [1.54, 1.807) is 36.4 Å². The maximum Gasteiger partial charge on any atom is 0.326 e. The number of ether oxygens (including phenoxy) is 2. The molecule has 0 unspecified atom stereocenters. The number of fused-ring (bicyclic) bond motifs is 1. The van der Waals surface area contributed by atoms with Crippen LogP contribution in [0.1, 0.15) is 18.9 Å². The van der Waals surface area contributed by atoms with E-state index >= 15 is 0 Å². The molecule has 7 heteroatoms. The number of anilines is 2. The molecule has 28 heavy (non-hydrogen) atoms. The first-order chi connectivity index (χ1) is 13.6. The number of esters is 1. The molecule has 2 aromatic carbocycles. The summed E-state index contributed by atoms with van der Waals surface area (Å²) >= 11 is 0. The third-order valence-electron chi connectivity index (χ3n) is 4.33. The molecule has 0 radical (unpaired) electrons. The van der Waals surface area contributed by atoms with Crippen molar-refractivity contribution in [3.63, 3.8) is 0 Å². The average Bonchev–Trinajstić information content (AvgIpc) is 2.86. The molecule has 7 nitrogen and oxygen atoms in total. The van der Waals surface area contributed by atoms with Gasteiger partial charge in [-0.05, 0) is 36.2 Å². The first kappa shape index (κ1) is 19.4. The van der Waals surface area contributed by atoms with Gasteiger partial charge >= 0.3 is 5.97 Å². The minimum Gasteiger partial charge on any atom is -0.491 e. The highest BCUT2D eigenvalue weighted by Gasteiger charge is 2.25. The Labute approximate surface area is 163 Å². The number of carbonyl (C=O) groups is 3. The number of nitrogens with zero attached hydrogens (tertiary/aromatic N) is 1. The van der Waals surface area contributed by atoms with E-state index in [2.05, 4.69) is 5.32 Å². The van der Waals surface area contributed by atoms with Crippen molar-refractivity contribution in [2.24, 2.45) is 0 Å². The molecule has 1 aliphatic rings. The number of para-hydroxylation sites is 2. The van der Waals surface area contributed by atoms with Crippen LogP contribution >= 0.6 is 0 Å². The number of carbonyl (C=O) groups excluding carboxylic acids is 3. The maximum absolute atomic E-state index is 12.3. The molecule has 0 saturated heterocycles. The van der Waals surface area contributed by atoms with Gasteiger partial charge in [-0.1, -0.05) is 31.2 Å². The summed E-state index contributed by atoms with van der Waals surface area (Å²) in [5.74, 6) is -0.804. The Balaban J connectivity index is 1.54. The molecule has 0 bridgehead atoms. The Hall–Kier alpha value is -3.35. The summed E-state index contributed by atoms with van der Waals surface area (Å²) in [5, 5.41) is 2.67. The van der Waals surface area contributed by atoms with E-state index in [-0.39, 0.29) is 25.5 Å². The number of aryl methyl sites for hydroxylation is 1. The summed E-state index contributed by atoms with van der Waals surface area (Å²) in [6.07, 6.45) is 1.07. The quantitative estimate of drug-likeness (QED) is 0.776. The topological polar surface area (TPSA) is 84.9 Å². The predicted octanol–water partition coefficient (Wildman–Crippen LogP) is 2.55. The summed E-state index contributed by atoms with van der Waals surface area (Å²) in [4.78, 5) is 37.8. The lowest BCUT2D eigenvalue weighted by Gasteiger charge is -2.20. The molecule has 2 amide bonds. The number of amides is 2. The fourth-order valence-electron chi connectivity index (χ4n) is 2.83. The molecule has 0 saturated carbocycles. The van der Waals surface area contributed by atoms with Crippen molar-refractivity contribution in [3.8, 4) is 5.75 Å². The molecule has 146 valence electrons. The summed E-state index contributed by atoms with van der Waals surface area (Å²) in [6, 6.07) is 14.4. The molecule has 1 heterocycles. The monoisotopic (exact) mass is 382 g/mol. The van der Waals surface area contributed by atoms with Gasteiger partial charge in [0.05, 0.1) is 18.7 Å². The van der Waals surface area contributed by atoms with Crippen LogP contribution < -0.4 is 15.0 Å². The van der Waals surface area contributed by atoms with Gasteiger partial charge in [-0.15, -0.1) is 0 Å². The highest BCUT2D eigenvalue weighted by atomic mass is 16.5. The minimum absolute atomic E-state index is 0.163. The standard InChI is InChI=1S/C21H22N2O5/c1-2-15-7-9-16(10-8-15)22-19(24)14-28-21(26)13-23-17-5-3-4-6-18(17)27-12-11-20(23)25/h3-10H,2,11-14H2,1H3,(H,22,24). The summed E-state index contributed by atoms with van der Waals surface area (Å²) in [5.41, 5.74) is 2.31. The number of hydrogen-bond donors (Lipinski definition) is 1. The summed E-state index contributed by atoms with van der Waals surface area (Å²) in [7, 11) is 0. The number of rotatable bonds is 6. The highest BCUT2D eigenvalue weighted by Crippen LogP contribution is 2.30. The first-order valence-electron chi connectivity index (χ1n) is 9.13. The van der Waals surface area contributed by atoms with Crippen LogP contribution in [0.5, 0.6) is 5.75 Å². The number of nitrogens with one attached hydrogen (secondary N) is 1. The van der Waals surface area contributed by atoms with Gasteiger partial charge < -0.3 is 14.8 Å². The third kappa shape index (κ3) is 4.88. The van der Waals surface area contributed by atoms with Crippen molar-refractivity contribution in [2.45, 2.75) is 19.8 Å². The molecular weight excluding hydrogens is 360 g/mol. The van der Waals surface area contributed by atoms with Gasteiger partial charge in [0.25, 0.3) is 5.91 Å². The number of benzene rings is 2. The number of hydrogen-bond acceptors (Lipinski definition) is 5. The lowest BCUT2D eigenvalue weighted by molar-refractivity contribution is -0.146. The second-order valence-corrected chi connectivity index (χ2v) is 6.31.